The quantitative estimate of drug-likeness (QED) is 0.879. The first-order chi connectivity index (χ1) is 8.60. The summed E-state index contributed by atoms with van der Waals surface area (Å²) in [6, 6.07) is 9.16. The third-order valence-electron chi connectivity index (χ3n) is 2.89. The van der Waals surface area contributed by atoms with Crippen molar-refractivity contribution in [2.45, 2.75) is 19.4 Å². The summed E-state index contributed by atoms with van der Waals surface area (Å²) in [5.74, 6) is -0.240. The van der Waals surface area contributed by atoms with E-state index in [1.807, 2.05) is 7.05 Å². The van der Waals surface area contributed by atoms with Gasteiger partial charge >= 0.3 is 0 Å². The number of nitrogens with one attached hydrogen (secondary N) is 1. The molecule has 1 aromatic heterocycles. The summed E-state index contributed by atoms with van der Waals surface area (Å²) >= 11 is 7.49. The second-order valence-corrected chi connectivity index (χ2v) is 5.99. The summed E-state index contributed by atoms with van der Waals surface area (Å²) in [7, 11) is 1.90. The minimum atomic E-state index is -0.240. The number of aryl methyl sites for hydroxylation is 1. The number of hydrogen-bond donors (Lipinski definition) is 1. The van der Waals surface area contributed by atoms with E-state index in [9.17, 15) is 4.39 Å². The summed E-state index contributed by atoms with van der Waals surface area (Å²) in [6.07, 6.45) is 0.624. The van der Waals surface area contributed by atoms with E-state index >= 15 is 0 Å². The molecule has 1 N–H and O–H groups in total. The predicted molar refractivity (Wildman–Crippen MR) is 76.0 cm³/mol. The van der Waals surface area contributed by atoms with Crippen LogP contribution >= 0.6 is 22.9 Å². The minimum Gasteiger partial charge on any atom is -0.312 e. The van der Waals surface area contributed by atoms with E-state index in [4.69, 9.17) is 11.6 Å². The van der Waals surface area contributed by atoms with Gasteiger partial charge in [0.25, 0.3) is 0 Å². The molecule has 1 heterocycles. The lowest BCUT2D eigenvalue weighted by atomic mass is 10.0. The molecule has 0 saturated heterocycles. The zero-order chi connectivity index (χ0) is 13.1. The summed E-state index contributed by atoms with van der Waals surface area (Å²) in [5, 5.41) is 3.67. The van der Waals surface area contributed by atoms with Crippen LogP contribution < -0.4 is 5.32 Å². The van der Waals surface area contributed by atoms with Gasteiger partial charge in [-0.3, -0.25) is 0 Å². The highest BCUT2D eigenvalue weighted by Gasteiger charge is 2.14. The van der Waals surface area contributed by atoms with Crippen molar-refractivity contribution in [2.24, 2.45) is 0 Å². The fourth-order valence-corrected chi connectivity index (χ4v) is 3.04. The van der Waals surface area contributed by atoms with Crippen LogP contribution in [0.2, 0.25) is 5.02 Å². The standard InChI is InChI=1S/C14H15ClFNS/c1-9-3-6-14(18-9)13(17-2)7-10-4-5-11(15)8-12(10)16/h3-6,8,13,17H,7H2,1-2H3. The zero-order valence-corrected chi connectivity index (χ0v) is 11.9. The third-order valence-corrected chi connectivity index (χ3v) is 4.24. The Morgan fingerprint density at radius 1 is 1.33 bits per heavy atom. The summed E-state index contributed by atoms with van der Waals surface area (Å²) < 4.78 is 13.8. The fraction of sp³-hybridized carbons (Fsp3) is 0.286. The maximum atomic E-state index is 13.8. The van der Waals surface area contributed by atoms with Crippen molar-refractivity contribution in [3.8, 4) is 0 Å². The molecule has 0 fully saturated rings. The van der Waals surface area contributed by atoms with Crippen molar-refractivity contribution < 1.29 is 4.39 Å². The van der Waals surface area contributed by atoms with E-state index in [2.05, 4.69) is 24.4 Å². The van der Waals surface area contributed by atoms with Crippen molar-refractivity contribution in [1.29, 1.82) is 0 Å². The highest BCUT2D eigenvalue weighted by Crippen LogP contribution is 2.27. The maximum absolute atomic E-state index is 13.8. The Balaban J connectivity index is 2.20. The molecular weight excluding hydrogens is 269 g/mol. The van der Waals surface area contributed by atoms with Crippen LogP contribution in [0.1, 0.15) is 21.4 Å². The number of thiophene rings is 1. The van der Waals surface area contributed by atoms with Crippen LogP contribution in [-0.4, -0.2) is 7.05 Å². The second kappa shape index (κ2) is 5.83. The van der Waals surface area contributed by atoms with Gasteiger partial charge in [-0.1, -0.05) is 17.7 Å². The van der Waals surface area contributed by atoms with Gasteiger partial charge in [0.2, 0.25) is 0 Å². The number of benzene rings is 1. The first-order valence-corrected chi connectivity index (χ1v) is 6.97. The van der Waals surface area contributed by atoms with Crippen molar-refractivity contribution in [3.63, 3.8) is 0 Å². The number of likely N-dealkylation sites (N-methyl/N-ethyl adjacent to an activating group) is 1. The highest BCUT2D eigenvalue weighted by atomic mass is 35.5. The topological polar surface area (TPSA) is 12.0 Å². The Labute approximate surface area is 116 Å². The maximum Gasteiger partial charge on any atom is 0.127 e. The normalized spacial score (nSPS) is 12.7. The van der Waals surface area contributed by atoms with E-state index < -0.39 is 0 Å². The largest absolute Gasteiger partial charge is 0.312 e. The van der Waals surface area contributed by atoms with Crippen LogP contribution in [0, 0.1) is 12.7 Å². The molecule has 1 atom stereocenters. The van der Waals surface area contributed by atoms with E-state index in [1.165, 1.54) is 15.8 Å². The van der Waals surface area contributed by atoms with E-state index in [-0.39, 0.29) is 11.9 Å². The number of halogens is 2. The lowest BCUT2D eigenvalue weighted by Gasteiger charge is -2.15. The molecule has 0 amide bonds. The van der Waals surface area contributed by atoms with E-state index in [0.717, 1.165) is 0 Å². The highest BCUT2D eigenvalue weighted by molar-refractivity contribution is 7.12. The van der Waals surface area contributed by atoms with Gasteiger partial charge in [0, 0.05) is 20.8 Å². The van der Waals surface area contributed by atoms with Gasteiger partial charge in [-0.05, 0) is 50.2 Å². The fourth-order valence-electron chi connectivity index (χ4n) is 1.89. The average Bonchev–Trinajstić information content (AvgIpc) is 2.75. The Bertz CT molecular complexity index is 538. The van der Waals surface area contributed by atoms with Gasteiger partial charge in [0.15, 0.2) is 0 Å². The van der Waals surface area contributed by atoms with Gasteiger partial charge in [0.05, 0.1) is 0 Å². The molecule has 0 aliphatic carbocycles. The number of hydrogen-bond acceptors (Lipinski definition) is 2. The summed E-state index contributed by atoms with van der Waals surface area (Å²) in [4.78, 5) is 2.49. The van der Waals surface area contributed by atoms with Crippen LogP contribution in [0.5, 0.6) is 0 Å². The lowest BCUT2D eigenvalue weighted by Crippen LogP contribution is -2.18. The third kappa shape index (κ3) is 3.10. The van der Waals surface area contributed by atoms with E-state index in [1.54, 1.807) is 23.5 Å². The van der Waals surface area contributed by atoms with Crippen LogP contribution in [-0.2, 0) is 6.42 Å². The molecule has 1 nitrogen and oxygen atoms in total. The van der Waals surface area contributed by atoms with Crippen LogP contribution in [0.3, 0.4) is 0 Å². The second-order valence-electron chi connectivity index (χ2n) is 4.23. The predicted octanol–water partition coefficient (Wildman–Crippen LogP) is 4.35. The first kappa shape index (κ1) is 13.5. The van der Waals surface area contributed by atoms with Crippen LogP contribution in [0.15, 0.2) is 30.3 Å². The van der Waals surface area contributed by atoms with Gasteiger partial charge < -0.3 is 5.32 Å². The minimum absolute atomic E-state index is 0.138. The first-order valence-electron chi connectivity index (χ1n) is 5.77. The summed E-state index contributed by atoms with van der Waals surface area (Å²) in [6.45, 7) is 2.07. The molecule has 4 heteroatoms. The molecule has 2 aromatic rings. The Hall–Kier alpha value is -0.900. The van der Waals surface area contributed by atoms with E-state index in [0.29, 0.717) is 17.0 Å². The van der Waals surface area contributed by atoms with Crippen molar-refractivity contribution in [1.82, 2.24) is 5.32 Å². The van der Waals surface area contributed by atoms with Crippen molar-refractivity contribution in [3.05, 3.63) is 56.5 Å². The lowest BCUT2D eigenvalue weighted by molar-refractivity contribution is 0.560. The van der Waals surface area contributed by atoms with Gasteiger partial charge in [-0.2, -0.15) is 0 Å². The average molecular weight is 284 g/mol. The molecule has 0 aliphatic rings. The molecule has 0 spiro atoms. The van der Waals surface area contributed by atoms with Crippen LogP contribution in [0.4, 0.5) is 4.39 Å². The molecule has 0 radical (unpaired) electrons. The molecule has 0 bridgehead atoms. The zero-order valence-electron chi connectivity index (χ0n) is 10.3. The molecule has 0 aliphatic heterocycles. The van der Waals surface area contributed by atoms with Gasteiger partial charge in [0.1, 0.15) is 5.82 Å². The molecule has 2 rings (SSSR count). The molecule has 0 saturated carbocycles. The van der Waals surface area contributed by atoms with Gasteiger partial charge in [-0.25, -0.2) is 4.39 Å². The summed E-state index contributed by atoms with van der Waals surface area (Å²) in [5.41, 5.74) is 0.685. The molecule has 96 valence electrons. The SMILES string of the molecule is CNC(Cc1ccc(Cl)cc1F)c1ccc(C)s1. The van der Waals surface area contributed by atoms with Crippen molar-refractivity contribution in [2.75, 3.05) is 7.05 Å². The number of rotatable bonds is 4. The Morgan fingerprint density at radius 3 is 2.67 bits per heavy atom. The molecule has 1 aromatic carbocycles. The van der Waals surface area contributed by atoms with Gasteiger partial charge in [-0.15, -0.1) is 11.3 Å². The smallest absolute Gasteiger partial charge is 0.127 e. The molecule has 1 unspecified atom stereocenters. The molecule has 18 heavy (non-hydrogen) atoms. The van der Waals surface area contributed by atoms with Crippen LogP contribution in [0.25, 0.3) is 0 Å². The monoisotopic (exact) mass is 283 g/mol. The Morgan fingerprint density at radius 2 is 2.11 bits per heavy atom. The Kier molecular flexibility index (Phi) is 4.38. The van der Waals surface area contributed by atoms with Crippen molar-refractivity contribution >= 4 is 22.9 Å². The molecular formula is C14H15ClFNS.